The molecule has 5 N–H and O–H groups in total. The number of aliphatic hydroxyl groups is 4. The molecule has 0 spiro atoms. The first-order valence-electron chi connectivity index (χ1n) is 12.8. The summed E-state index contributed by atoms with van der Waals surface area (Å²) in [6.45, 7) is 6.29. The fraction of sp³-hybridized carbons (Fsp3) is 0.536. The molecule has 0 bridgehead atoms. The van der Waals surface area contributed by atoms with Gasteiger partial charge in [0.25, 0.3) is 0 Å². The van der Waals surface area contributed by atoms with E-state index in [-0.39, 0.29) is 0 Å². The van der Waals surface area contributed by atoms with E-state index in [4.69, 9.17) is 30.5 Å². The first-order valence-corrected chi connectivity index (χ1v) is 13.2. The fourth-order valence-corrected chi connectivity index (χ4v) is 4.25. The van der Waals surface area contributed by atoms with Crippen molar-refractivity contribution in [2.45, 2.75) is 63.3 Å². The number of amides is 1. The maximum absolute atomic E-state index is 11.6. The monoisotopic (exact) mass is 567 g/mol. The van der Waals surface area contributed by atoms with E-state index < -0.39 is 48.8 Å². The van der Waals surface area contributed by atoms with Gasteiger partial charge in [-0.2, -0.15) is 0 Å². The van der Waals surface area contributed by atoms with Gasteiger partial charge in [0.1, 0.15) is 48.5 Å². The zero-order chi connectivity index (χ0) is 28.6. The topological polar surface area (TPSA) is 147 Å². The van der Waals surface area contributed by atoms with Gasteiger partial charge in [-0.3, -0.25) is 0 Å². The number of carbonyl (C=O) groups is 1. The van der Waals surface area contributed by atoms with Gasteiger partial charge in [0.15, 0.2) is 0 Å². The van der Waals surface area contributed by atoms with Crippen molar-refractivity contribution in [2.24, 2.45) is 0 Å². The van der Waals surface area contributed by atoms with Crippen molar-refractivity contribution < 1.29 is 44.2 Å². The molecule has 2 aromatic carbocycles. The summed E-state index contributed by atoms with van der Waals surface area (Å²) in [7, 11) is 0. The number of aliphatic hydroxyl groups excluding tert-OH is 4. The second kappa shape index (κ2) is 14.3. The van der Waals surface area contributed by atoms with Crippen LogP contribution in [0.5, 0.6) is 5.75 Å². The van der Waals surface area contributed by atoms with Crippen LogP contribution in [0.1, 0.15) is 43.6 Å². The molecule has 1 saturated heterocycles. The Balaban J connectivity index is 1.47. The molecule has 1 unspecified atom stereocenters. The minimum absolute atomic E-state index is 0.337. The summed E-state index contributed by atoms with van der Waals surface area (Å²) in [5, 5.41) is 43.2. The standard InChI is InChI=1S/C28H38ClNO9/c1-28(2,3)39-27(35)30-10-11-36-12-13-37-20-7-4-17(5-8-20)14-19-15-18(6-9-21(19)29)26-25(34)24(33)23(32)22(16-31)38-26/h4-9,15,22-26,31-34H,10-14,16H2,1-3H3,(H,30,35)/t22-,23-,24+,25-,26?/m1/s1. The first kappa shape index (κ1) is 31.1. The Bertz CT molecular complexity index is 1060. The molecule has 11 heteroatoms. The fourth-order valence-electron chi connectivity index (χ4n) is 4.07. The van der Waals surface area contributed by atoms with Crippen LogP contribution in [0.4, 0.5) is 4.79 Å². The molecule has 10 nitrogen and oxygen atoms in total. The summed E-state index contributed by atoms with van der Waals surface area (Å²) in [5.74, 6) is 0.676. The van der Waals surface area contributed by atoms with Crippen molar-refractivity contribution in [2.75, 3.05) is 33.0 Å². The average Bonchev–Trinajstić information content (AvgIpc) is 2.88. The normalized spacial score (nSPS) is 23.3. The number of hydrogen-bond acceptors (Lipinski definition) is 9. The largest absolute Gasteiger partial charge is 0.491 e. The Hall–Kier alpha value is -2.44. The van der Waals surface area contributed by atoms with Gasteiger partial charge in [-0.25, -0.2) is 4.79 Å². The maximum atomic E-state index is 11.6. The summed E-state index contributed by atoms with van der Waals surface area (Å²) in [5.41, 5.74) is 1.79. The summed E-state index contributed by atoms with van der Waals surface area (Å²) < 4.78 is 22.0. The van der Waals surface area contributed by atoms with Crippen LogP contribution in [-0.4, -0.2) is 89.5 Å². The lowest BCUT2D eigenvalue weighted by Gasteiger charge is -2.40. The van der Waals surface area contributed by atoms with Crippen molar-refractivity contribution in [3.05, 3.63) is 64.2 Å². The van der Waals surface area contributed by atoms with Crippen LogP contribution in [0.2, 0.25) is 5.02 Å². The molecule has 0 radical (unpaired) electrons. The zero-order valence-corrected chi connectivity index (χ0v) is 23.1. The summed E-state index contributed by atoms with van der Waals surface area (Å²) in [6.07, 6.45) is -6.13. The third kappa shape index (κ3) is 9.32. The molecule has 1 aliphatic heterocycles. The molecular formula is C28H38ClNO9. The van der Waals surface area contributed by atoms with Gasteiger partial charge in [0.2, 0.25) is 0 Å². The Morgan fingerprint density at radius 3 is 2.38 bits per heavy atom. The summed E-state index contributed by atoms with van der Waals surface area (Å²) in [6, 6.07) is 12.7. The Labute approximate surface area is 233 Å². The van der Waals surface area contributed by atoms with Crippen molar-refractivity contribution in [1.29, 1.82) is 0 Å². The van der Waals surface area contributed by atoms with Crippen molar-refractivity contribution >= 4 is 17.7 Å². The van der Waals surface area contributed by atoms with Gasteiger partial charge >= 0.3 is 6.09 Å². The quantitative estimate of drug-likeness (QED) is 0.258. The molecule has 1 amide bonds. The minimum atomic E-state index is -1.45. The molecule has 0 aliphatic carbocycles. The van der Waals surface area contributed by atoms with E-state index in [0.29, 0.717) is 49.1 Å². The number of rotatable bonds is 11. The molecule has 0 saturated carbocycles. The van der Waals surface area contributed by atoms with E-state index >= 15 is 0 Å². The van der Waals surface area contributed by atoms with Crippen molar-refractivity contribution in [3.8, 4) is 5.75 Å². The van der Waals surface area contributed by atoms with E-state index in [1.807, 2.05) is 24.3 Å². The van der Waals surface area contributed by atoms with E-state index in [9.17, 15) is 25.2 Å². The second-order valence-corrected chi connectivity index (χ2v) is 10.7. The predicted octanol–water partition coefficient (Wildman–Crippen LogP) is 2.37. The van der Waals surface area contributed by atoms with Crippen LogP contribution in [0, 0.1) is 0 Å². The number of nitrogens with one attached hydrogen (secondary N) is 1. The smallest absolute Gasteiger partial charge is 0.407 e. The van der Waals surface area contributed by atoms with Crippen LogP contribution in [0.3, 0.4) is 0 Å². The Kier molecular flexibility index (Phi) is 11.4. The SMILES string of the molecule is CC(C)(C)OC(=O)NCCOCCOc1ccc(Cc2cc(C3O[C@H](CO)[C@@H](O)[C@H](O)[C@H]3O)ccc2Cl)cc1. The highest BCUT2D eigenvalue weighted by Crippen LogP contribution is 2.34. The predicted molar refractivity (Wildman–Crippen MR) is 144 cm³/mol. The van der Waals surface area contributed by atoms with Gasteiger partial charge in [-0.15, -0.1) is 0 Å². The molecule has 216 valence electrons. The van der Waals surface area contributed by atoms with Crippen LogP contribution in [0.15, 0.2) is 42.5 Å². The lowest BCUT2D eigenvalue weighted by atomic mass is 9.90. The number of halogens is 1. The van der Waals surface area contributed by atoms with Gasteiger partial charge in [0.05, 0.1) is 19.8 Å². The van der Waals surface area contributed by atoms with E-state index in [0.717, 1.165) is 11.1 Å². The highest BCUT2D eigenvalue weighted by Gasteiger charge is 2.44. The van der Waals surface area contributed by atoms with Gasteiger partial charge in [0, 0.05) is 11.6 Å². The lowest BCUT2D eigenvalue weighted by molar-refractivity contribution is -0.231. The van der Waals surface area contributed by atoms with Crippen LogP contribution < -0.4 is 10.1 Å². The van der Waals surface area contributed by atoms with Gasteiger partial charge < -0.3 is 44.7 Å². The Morgan fingerprint density at radius 1 is 1.00 bits per heavy atom. The van der Waals surface area contributed by atoms with Crippen LogP contribution in [0.25, 0.3) is 0 Å². The summed E-state index contributed by atoms with van der Waals surface area (Å²) >= 11 is 6.43. The molecule has 1 aliphatic rings. The third-order valence-corrected chi connectivity index (χ3v) is 6.39. The van der Waals surface area contributed by atoms with Crippen LogP contribution in [-0.2, 0) is 20.6 Å². The van der Waals surface area contributed by atoms with Crippen molar-refractivity contribution in [3.63, 3.8) is 0 Å². The number of alkyl carbamates (subject to hydrolysis) is 1. The summed E-state index contributed by atoms with van der Waals surface area (Å²) in [4.78, 5) is 11.6. The molecule has 5 atom stereocenters. The third-order valence-electron chi connectivity index (χ3n) is 6.02. The zero-order valence-electron chi connectivity index (χ0n) is 22.4. The molecule has 3 rings (SSSR count). The van der Waals surface area contributed by atoms with E-state index in [1.165, 1.54) is 0 Å². The first-order chi connectivity index (χ1) is 18.5. The number of ether oxygens (including phenoxy) is 4. The van der Waals surface area contributed by atoms with Crippen LogP contribution >= 0.6 is 11.6 Å². The number of hydrogen-bond donors (Lipinski definition) is 5. The molecule has 1 fully saturated rings. The maximum Gasteiger partial charge on any atom is 0.407 e. The molecule has 1 heterocycles. The van der Waals surface area contributed by atoms with Gasteiger partial charge in [-0.1, -0.05) is 35.9 Å². The van der Waals surface area contributed by atoms with E-state index in [1.54, 1.807) is 39.0 Å². The second-order valence-electron chi connectivity index (χ2n) is 10.3. The minimum Gasteiger partial charge on any atom is -0.491 e. The average molecular weight is 568 g/mol. The Morgan fingerprint density at radius 2 is 1.72 bits per heavy atom. The number of carbonyl (C=O) groups excluding carboxylic acids is 1. The van der Waals surface area contributed by atoms with Gasteiger partial charge in [-0.05, 0) is 62.1 Å². The van der Waals surface area contributed by atoms with E-state index in [2.05, 4.69) is 5.32 Å². The van der Waals surface area contributed by atoms with Crippen molar-refractivity contribution in [1.82, 2.24) is 5.32 Å². The molecule has 2 aromatic rings. The molecule has 39 heavy (non-hydrogen) atoms. The highest BCUT2D eigenvalue weighted by molar-refractivity contribution is 6.31. The number of benzene rings is 2. The molecular weight excluding hydrogens is 530 g/mol. The molecule has 0 aromatic heterocycles. The highest BCUT2D eigenvalue weighted by atomic mass is 35.5. The lowest BCUT2D eigenvalue weighted by Crippen LogP contribution is -2.55.